The number of amidine groups is 3. The van der Waals surface area contributed by atoms with E-state index in [9.17, 15) is 0 Å². The van der Waals surface area contributed by atoms with Gasteiger partial charge in [0.25, 0.3) is 0 Å². The van der Waals surface area contributed by atoms with Gasteiger partial charge < -0.3 is 0 Å². The first-order valence-corrected chi connectivity index (χ1v) is 11.3. The zero-order chi connectivity index (χ0) is 23.2. The van der Waals surface area contributed by atoms with E-state index in [2.05, 4.69) is 30.0 Å². The number of guanidine groups is 3. The monoisotopic (exact) mass is 503 g/mol. The Labute approximate surface area is 209 Å². The summed E-state index contributed by atoms with van der Waals surface area (Å²) in [6.07, 6.45) is 0. The summed E-state index contributed by atoms with van der Waals surface area (Å²) in [5.74, 6) is 2.48. The van der Waals surface area contributed by atoms with Crippen molar-refractivity contribution >= 4 is 70.2 Å². The summed E-state index contributed by atoms with van der Waals surface area (Å²) in [6, 6.07) is 21.8. The lowest BCUT2D eigenvalue weighted by Gasteiger charge is -2.30. The third kappa shape index (κ3) is 3.84. The minimum absolute atomic E-state index is 0.368. The van der Waals surface area contributed by atoms with Crippen LogP contribution in [0.25, 0.3) is 0 Å². The third-order valence-electron chi connectivity index (χ3n) is 5.14. The van der Waals surface area contributed by atoms with Crippen molar-refractivity contribution in [2.24, 2.45) is 30.0 Å². The molecule has 0 N–H and O–H groups in total. The lowest BCUT2D eigenvalue weighted by molar-refractivity contribution is 0.828. The number of nitrogens with zero attached hydrogens (tertiary/aromatic N) is 7. The first kappa shape index (κ1) is 20.9. The third-order valence-corrected chi connectivity index (χ3v) is 5.90. The van der Waals surface area contributed by atoms with Gasteiger partial charge in [0, 0.05) is 31.8 Å². The smallest absolute Gasteiger partial charge is 0.213 e. The molecular weight excluding hydrogens is 493 g/mol. The van der Waals surface area contributed by atoms with Crippen LogP contribution in [0.5, 0.6) is 0 Å². The van der Waals surface area contributed by atoms with Gasteiger partial charge in [-0.2, -0.15) is 30.0 Å². The molecule has 3 aromatic rings. The van der Waals surface area contributed by atoms with E-state index in [1.165, 1.54) is 0 Å². The summed E-state index contributed by atoms with van der Waals surface area (Å²) in [5, 5.41) is 1.87. The van der Waals surface area contributed by atoms with E-state index < -0.39 is 0 Å². The predicted octanol–water partition coefficient (Wildman–Crippen LogP) is 5.70. The van der Waals surface area contributed by atoms with Crippen molar-refractivity contribution in [2.75, 3.05) is 0 Å². The van der Waals surface area contributed by atoms with Crippen molar-refractivity contribution in [2.45, 2.75) is 0 Å². The zero-order valence-electron chi connectivity index (χ0n) is 17.2. The number of aliphatic imine (C=N–C) groups is 6. The van der Waals surface area contributed by atoms with Gasteiger partial charge in [0.2, 0.25) is 17.9 Å². The number of benzene rings is 3. The molecule has 0 saturated carbocycles. The number of halogens is 3. The van der Waals surface area contributed by atoms with Crippen LogP contribution < -0.4 is 0 Å². The highest BCUT2D eigenvalue weighted by atomic mass is 35.5. The number of rotatable bonds is 3. The van der Waals surface area contributed by atoms with Crippen LogP contribution in [0.4, 0.5) is 0 Å². The van der Waals surface area contributed by atoms with Crippen LogP contribution in [0.1, 0.15) is 16.7 Å². The molecule has 34 heavy (non-hydrogen) atoms. The van der Waals surface area contributed by atoms with Gasteiger partial charge in [0.15, 0.2) is 17.5 Å². The Bertz CT molecular complexity index is 1310. The molecule has 7 nitrogen and oxygen atoms in total. The topological polar surface area (TPSA) is 77.4 Å². The highest BCUT2D eigenvalue weighted by Crippen LogP contribution is 2.24. The fourth-order valence-corrected chi connectivity index (χ4v) is 3.85. The van der Waals surface area contributed by atoms with Crippen LogP contribution in [0, 0.1) is 0 Å². The van der Waals surface area contributed by atoms with Crippen molar-refractivity contribution < 1.29 is 0 Å². The van der Waals surface area contributed by atoms with Gasteiger partial charge in [-0.3, -0.25) is 0 Å². The van der Waals surface area contributed by atoms with Gasteiger partial charge in [0.05, 0.1) is 0 Å². The Morgan fingerprint density at radius 3 is 0.912 bits per heavy atom. The van der Waals surface area contributed by atoms with E-state index in [1.54, 1.807) is 41.3 Å². The molecule has 0 saturated heterocycles. The summed E-state index contributed by atoms with van der Waals surface area (Å²) in [6.45, 7) is 0. The second-order valence-corrected chi connectivity index (χ2v) is 8.71. The molecule has 6 rings (SSSR count). The normalized spacial score (nSPS) is 16.5. The first-order chi connectivity index (χ1) is 16.5. The van der Waals surface area contributed by atoms with E-state index in [0.29, 0.717) is 50.5 Å². The first-order valence-electron chi connectivity index (χ1n) is 10.1. The second kappa shape index (κ2) is 8.29. The van der Waals surface area contributed by atoms with Gasteiger partial charge in [-0.05, 0) is 72.8 Å². The molecular formula is C24H12Cl3N7. The summed E-state index contributed by atoms with van der Waals surface area (Å²) < 4.78 is 0. The molecule has 10 heteroatoms. The molecule has 0 atom stereocenters. The largest absolute Gasteiger partial charge is 0.243 e. The maximum absolute atomic E-state index is 6.06. The highest BCUT2D eigenvalue weighted by molar-refractivity contribution is 6.35. The summed E-state index contributed by atoms with van der Waals surface area (Å²) in [7, 11) is 0. The fourth-order valence-electron chi connectivity index (χ4n) is 3.47. The van der Waals surface area contributed by atoms with Crippen molar-refractivity contribution in [1.29, 1.82) is 0 Å². The van der Waals surface area contributed by atoms with Gasteiger partial charge in [-0.15, -0.1) is 0 Å². The summed E-state index contributed by atoms with van der Waals surface area (Å²) >= 11 is 18.2. The average Bonchev–Trinajstić information content (AvgIpc) is 2.85. The molecule has 0 bridgehead atoms. The molecule has 3 aromatic carbocycles. The van der Waals surface area contributed by atoms with E-state index in [-0.39, 0.29) is 0 Å². The molecule has 0 radical (unpaired) electrons. The second-order valence-electron chi connectivity index (χ2n) is 7.40. The SMILES string of the molecule is Clc1ccc(C2=NC3=NC(c4ccc(Cl)cc4)=NC4=NC(c5ccc(Cl)cc5)=NC(=N2)N34)cc1. The maximum atomic E-state index is 6.06. The lowest BCUT2D eigenvalue weighted by Crippen LogP contribution is -2.48. The van der Waals surface area contributed by atoms with Crippen molar-refractivity contribution in [3.8, 4) is 0 Å². The quantitative estimate of drug-likeness (QED) is 0.451. The molecule has 3 aliphatic heterocycles. The standard InChI is InChI=1S/C24H12Cl3N7/c25-16-7-1-13(2-8-16)19-28-22-30-20(14-3-9-17(26)10-4-14)32-24-33-21(31-23(29-19)34(22)24)15-5-11-18(27)12-6-15/h1-12H. The number of hydrogen-bond donors (Lipinski definition) is 0. The molecule has 0 fully saturated rings. The van der Waals surface area contributed by atoms with E-state index in [0.717, 1.165) is 16.7 Å². The molecule has 3 aliphatic rings. The molecule has 0 aromatic heterocycles. The molecule has 0 aliphatic carbocycles. The van der Waals surface area contributed by atoms with Gasteiger partial charge in [0.1, 0.15) is 0 Å². The molecule has 164 valence electrons. The predicted molar refractivity (Wildman–Crippen MR) is 138 cm³/mol. The van der Waals surface area contributed by atoms with Gasteiger partial charge in [-0.25, -0.2) is 4.90 Å². The molecule has 0 amide bonds. The lowest BCUT2D eigenvalue weighted by atomic mass is 10.2. The fraction of sp³-hybridized carbons (Fsp3) is 0. The molecule has 3 heterocycles. The maximum Gasteiger partial charge on any atom is 0.243 e. The zero-order valence-corrected chi connectivity index (χ0v) is 19.5. The van der Waals surface area contributed by atoms with Crippen molar-refractivity contribution in [3.05, 3.63) is 105 Å². The Morgan fingerprint density at radius 1 is 0.382 bits per heavy atom. The Hall–Kier alpha value is -3.65. The summed E-state index contributed by atoms with van der Waals surface area (Å²) in [5.41, 5.74) is 2.34. The Morgan fingerprint density at radius 2 is 0.647 bits per heavy atom. The summed E-state index contributed by atoms with van der Waals surface area (Å²) in [4.78, 5) is 29.7. The van der Waals surface area contributed by atoms with E-state index in [1.807, 2.05) is 36.4 Å². The Kier molecular flexibility index (Phi) is 5.10. The van der Waals surface area contributed by atoms with E-state index >= 15 is 0 Å². The van der Waals surface area contributed by atoms with Crippen molar-refractivity contribution in [3.63, 3.8) is 0 Å². The van der Waals surface area contributed by atoms with E-state index in [4.69, 9.17) is 34.8 Å². The highest BCUT2D eigenvalue weighted by Gasteiger charge is 2.35. The average molecular weight is 505 g/mol. The molecule has 0 unspecified atom stereocenters. The van der Waals surface area contributed by atoms with Crippen LogP contribution >= 0.6 is 34.8 Å². The van der Waals surface area contributed by atoms with Gasteiger partial charge in [-0.1, -0.05) is 34.8 Å². The van der Waals surface area contributed by atoms with Gasteiger partial charge >= 0.3 is 0 Å². The van der Waals surface area contributed by atoms with Crippen LogP contribution in [-0.2, 0) is 0 Å². The van der Waals surface area contributed by atoms with Crippen LogP contribution in [0.2, 0.25) is 15.1 Å². The van der Waals surface area contributed by atoms with Crippen LogP contribution in [-0.4, -0.2) is 40.3 Å². The van der Waals surface area contributed by atoms with Crippen LogP contribution in [0.15, 0.2) is 103 Å². The molecule has 0 spiro atoms. The van der Waals surface area contributed by atoms with Crippen LogP contribution in [0.3, 0.4) is 0 Å². The van der Waals surface area contributed by atoms with Crippen molar-refractivity contribution in [1.82, 2.24) is 4.90 Å². The Balaban J connectivity index is 1.53. The minimum Gasteiger partial charge on any atom is -0.213 e. The number of hydrogen-bond acceptors (Lipinski definition) is 7. The minimum atomic E-state index is 0.368.